The molecule has 0 heterocycles. The Bertz CT molecular complexity index is 1790. The minimum Gasteiger partial charge on any atom is -0.462 e. The summed E-state index contributed by atoms with van der Waals surface area (Å²) in [5, 5.41) is 10.6. The monoisotopic (exact) mass is 1320 g/mol. The van der Waals surface area contributed by atoms with Crippen molar-refractivity contribution >= 4 is 39.5 Å². The van der Waals surface area contributed by atoms with Crippen molar-refractivity contribution in [2.75, 3.05) is 39.6 Å². The van der Waals surface area contributed by atoms with E-state index in [0.29, 0.717) is 25.7 Å². The number of hydrogen-bond donors (Lipinski definition) is 3. The highest BCUT2D eigenvalue weighted by molar-refractivity contribution is 7.47. The molecule has 0 bridgehead atoms. The molecule has 0 saturated heterocycles. The molecule has 0 aromatic heterocycles. The second kappa shape index (κ2) is 60.7. The van der Waals surface area contributed by atoms with Crippen LogP contribution in [0.3, 0.4) is 0 Å². The summed E-state index contributed by atoms with van der Waals surface area (Å²) in [6.07, 6.45) is 43.1. The summed E-state index contributed by atoms with van der Waals surface area (Å²) in [7, 11) is -9.90. The number of carbonyl (C=O) groups excluding carboxylic acids is 4. The van der Waals surface area contributed by atoms with Crippen LogP contribution < -0.4 is 0 Å². The Labute approximate surface area is 549 Å². The summed E-state index contributed by atoms with van der Waals surface area (Å²) in [6.45, 7) is 14.1. The summed E-state index contributed by atoms with van der Waals surface area (Å²) < 4.78 is 68.3. The predicted molar refractivity (Wildman–Crippen MR) is 363 cm³/mol. The molecular weight excluding hydrogens is 1190 g/mol. The fourth-order valence-electron chi connectivity index (χ4n) is 10.6. The smallest absolute Gasteiger partial charge is 0.462 e. The van der Waals surface area contributed by atoms with Crippen molar-refractivity contribution in [3.05, 3.63) is 0 Å². The van der Waals surface area contributed by atoms with Crippen molar-refractivity contribution in [3.63, 3.8) is 0 Å². The summed E-state index contributed by atoms with van der Waals surface area (Å²) >= 11 is 0. The van der Waals surface area contributed by atoms with E-state index in [1.807, 2.05) is 0 Å². The van der Waals surface area contributed by atoms with E-state index >= 15 is 0 Å². The molecule has 0 aliphatic heterocycles. The Hall–Kier alpha value is -1.94. The number of phosphoric ester groups is 2. The van der Waals surface area contributed by atoms with Crippen LogP contribution >= 0.6 is 15.6 Å². The number of aliphatic hydroxyl groups is 1. The topological polar surface area (TPSA) is 237 Å². The largest absolute Gasteiger partial charge is 0.472 e. The molecule has 17 nitrogen and oxygen atoms in total. The zero-order valence-corrected chi connectivity index (χ0v) is 60.6. The Morgan fingerprint density at radius 3 is 0.789 bits per heavy atom. The molecule has 19 heteroatoms. The molecule has 0 radical (unpaired) electrons. The average molecular weight is 1330 g/mol. The van der Waals surface area contributed by atoms with Gasteiger partial charge in [-0.15, -0.1) is 0 Å². The van der Waals surface area contributed by atoms with Crippen LogP contribution in [0.4, 0.5) is 0 Å². The number of rotatable bonds is 68. The number of esters is 4. The molecular formula is C71H138O17P2. The lowest BCUT2D eigenvalue weighted by molar-refractivity contribution is -0.161. The van der Waals surface area contributed by atoms with Crippen molar-refractivity contribution < 1.29 is 80.2 Å². The number of ether oxygens (including phenoxy) is 4. The lowest BCUT2D eigenvalue weighted by atomic mass is 9.99. The van der Waals surface area contributed by atoms with Gasteiger partial charge in [0.15, 0.2) is 12.2 Å². The van der Waals surface area contributed by atoms with Gasteiger partial charge < -0.3 is 33.8 Å². The molecule has 0 aromatic carbocycles. The van der Waals surface area contributed by atoms with Gasteiger partial charge in [-0.05, 0) is 49.4 Å². The Morgan fingerprint density at radius 1 is 0.311 bits per heavy atom. The van der Waals surface area contributed by atoms with Gasteiger partial charge in [0.05, 0.1) is 26.4 Å². The van der Waals surface area contributed by atoms with Gasteiger partial charge in [-0.3, -0.25) is 37.3 Å². The van der Waals surface area contributed by atoms with E-state index in [1.165, 1.54) is 148 Å². The average Bonchev–Trinajstić information content (AvgIpc) is 3.02. The van der Waals surface area contributed by atoms with E-state index < -0.39 is 97.5 Å². The van der Waals surface area contributed by atoms with Crippen LogP contribution in [0, 0.1) is 23.7 Å². The van der Waals surface area contributed by atoms with Crippen LogP contribution in [0.2, 0.25) is 0 Å². The molecule has 8 atom stereocenters. The quantitative estimate of drug-likeness (QED) is 0.0222. The van der Waals surface area contributed by atoms with Gasteiger partial charge in [0.2, 0.25) is 0 Å². The van der Waals surface area contributed by atoms with Crippen molar-refractivity contribution in [2.24, 2.45) is 23.7 Å². The van der Waals surface area contributed by atoms with E-state index in [4.69, 9.17) is 37.0 Å². The maximum Gasteiger partial charge on any atom is 0.472 e. The van der Waals surface area contributed by atoms with Crippen LogP contribution in [0.25, 0.3) is 0 Å². The summed E-state index contributed by atoms with van der Waals surface area (Å²) in [5.74, 6) is 0.909. The Morgan fingerprint density at radius 2 is 0.533 bits per heavy atom. The first kappa shape index (κ1) is 88.1. The number of aliphatic hydroxyl groups excluding tert-OH is 1. The summed E-state index contributed by atoms with van der Waals surface area (Å²) in [6, 6.07) is 0. The zero-order chi connectivity index (χ0) is 66.8. The molecule has 0 amide bonds. The van der Waals surface area contributed by atoms with Gasteiger partial charge >= 0.3 is 39.5 Å². The highest BCUT2D eigenvalue weighted by atomic mass is 31.2. The molecule has 0 rings (SSSR count). The second-order valence-electron chi connectivity index (χ2n) is 26.8. The van der Waals surface area contributed by atoms with E-state index in [2.05, 4.69) is 55.4 Å². The van der Waals surface area contributed by atoms with E-state index in [9.17, 15) is 43.2 Å². The fourth-order valence-corrected chi connectivity index (χ4v) is 12.1. The van der Waals surface area contributed by atoms with Crippen LogP contribution in [0.15, 0.2) is 0 Å². The number of unbranched alkanes of at least 4 members (excludes halogenated alkanes) is 31. The maximum absolute atomic E-state index is 13.0. The normalized spacial score (nSPS) is 15.2. The molecule has 90 heavy (non-hydrogen) atoms. The Balaban J connectivity index is 5.22. The third-order valence-electron chi connectivity index (χ3n) is 17.4. The molecule has 0 saturated carbocycles. The minimum absolute atomic E-state index is 0.102. The lowest BCUT2D eigenvalue weighted by Gasteiger charge is -2.21. The number of hydrogen-bond acceptors (Lipinski definition) is 15. The third kappa shape index (κ3) is 61.0. The molecule has 0 spiro atoms. The SMILES string of the molecule is CCC(C)CCCCCCCCCCCCCCCCC(=O)O[C@H](COC(=O)CCCCCCCCC(C)CC)COP(=O)(O)OC[C@H](O)COP(=O)(O)OC[C@@H](COC(=O)CCCCCCCCCCCC(C)C)OC(=O)CCCCCCCCC(C)CC. The van der Waals surface area contributed by atoms with Crippen LogP contribution in [0.1, 0.15) is 351 Å². The lowest BCUT2D eigenvalue weighted by Crippen LogP contribution is -2.30. The van der Waals surface area contributed by atoms with Gasteiger partial charge in [-0.1, -0.05) is 299 Å². The van der Waals surface area contributed by atoms with Crippen LogP contribution in [0.5, 0.6) is 0 Å². The highest BCUT2D eigenvalue weighted by Gasteiger charge is 2.30. The molecule has 0 fully saturated rings. The molecule has 0 aromatic rings. The van der Waals surface area contributed by atoms with E-state index in [1.54, 1.807) is 0 Å². The first-order valence-electron chi connectivity index (χ1n) is 36.8. The first-order valence-corrected chi connectivity index (χ1v) is 39.8. The van der Waals surface area contributed by atoms with Crippen molar-refractivity contribution in [2.45, 2.75) is 369 Å². The van der Waals surface area contributed by atoms with Gasteiger partial charge in [-0.25, -0.2) is 9.13 Å². The zero-order valence-electron chi connectivity index (χ0n) is 58.8. The van der Waals surface area contributed by atoms with Gasteiger partial charge in [-0.2, -0.15) is 0 Å². The Kier molecular flexibility index (Phi) is 59.4. The summed E-state index contributed by atoms with van der Waals surface area (Å²) in [4.78, 5) is 72.5. The predicted octanol–water partition coefficient (Wildman–Crippen LogP) is 20.1. The number of carbonyl (C=O) groups is 4. The van der Waals surface area contributed by atoms with E-state index in [0.717, 1.165) is 120 Å². The van der Waals surface area contributed by atoms with Crippen molar-refractivity contribution in [1.82, 2.24) is 0 Å². The van der Waals surface area contributed by atoms with Crippen LogP contribution in [-0.2, 0) is 65.4 Å². The molecule has 5 unspecified atom stereocenters. The summed E-state index contributed by atoms with van der Waals surface area (Å²) in [5.41, 5.74) is 0. The molecule has 0 aliphatic rings. The van der Waals surface area contributed by atoms with Gasteiger partial charge in [0, 0.05) is 25.7 Å². The van der Waals surface area contributed by atoms with Crippen LogP contribution in [-0.4, -0.2) is 96.7 Å². The maximum atomic E-state index is 13.0. The van der Waals surface area contributed by atoms with Crippen molar-refractivity contribution in [1.29, 1.82) is 0 Å². The standard InChI is InChI=1S/C71H138O17P2/c1-9-62(6)48-40-32-24-20-16-14-12-13-15-17-21-26-37-45-53-70(75)87-66(58-82-69(74)52-44-36-29-27-33-41-49-63(7)10-2)59-85-89(77,78)83-55-65(72)56-84-90(79,80)86-60-67(88-71(76)54-46-38-30-28-34-42-50-64(8)11-3)57-81-68(73)51-43-35-25-22-18-19-23-31-39-47-61(4)5/h61-67,72H,9-60H2,1-8H3,(H,77,78)(H,79,80)/t62?,63?,64?,65-,66+,67+/m0/s1. The second-order valence-corrected chi connectivity index (χ2v) is 29.7. The highest BCUT2D eigenvalue weighted by Crippen LogP contribution is 2.45. The third-order valence-corrected chi connectivity index (χ3v) is 19.3. The van der Waals surface area contributed by atoms with Gasteiger partial charge in [0.25, 0.3) is 0 Å². The first-order chi connectivity index (χ1) is 43.2. The molecule has 534 valence electrons. The minimum atomic E-state index is -4.95. The molecule has 0 aliphatic carbocycles. The van der Waals surface area contributed by atoms with Crippen molar-refractivity contribution in [3.8, 4) is 0 Å². The van der Waals surface area contributed by atoms with Gasteiger partial charge in [0.1, 0.15) is 19.3 Å². The molecule has 3 N–H and O–H groups in total. The fraction of sp³-hybridized carbons (Fsp3) is 0.944. The number of phosphoric acid groups is 2. The van der Waals surface area contributed by atoms with E-state index in [-0.39, 0.29) is 25.7 Å².